The molecule has 0 bridgehead atoms. The largest absolute Gasteiger partial charge is 0.507 e. The molecular weight excluding hydrogens is 420 g/mol. The van der Waals surface area contributed by atoms with Crippen molar-refractivity contribution in [1.82, 2.24) is 14.8 Å². The number of hydrogen-bond donors (Lipinski definition) is 1. The van der Waals surface area contributed by atoms with Gasteiger partial charge in [0.05, 0.1) is 11.3 Å². The third-order valence-corrected chi connectivity index (χ3v) is 6.83. The number of benzene rings is 3. The molecule has 3 aromatic carbocycles. The van der Waals surface area contributed by atoms with Crippen LogP contribution in [0.5, 0.6) is 5.75 Å². The third kappa shape index (κ3) is 3.73. The molecule has 0 atom stereocenters. The lowest BCUT2D eigenvalue weighted by Gasteiger charge is -2.29. The molecule has 0 aliphatic carbocycles. The highest BCUT2D eigenvalue weighted by Crippen LogP contribution is 2.34. The number of aryl methyl sites for hydroxylation is 1. The maximum Gasteiger partial charge on any atom is 0.237 e. The highest BCUT2D eigenvalue weighted by atomic mass is 32.2. The predicted molar refractivity (Wildman–Crippen MR) is 128 cm³/mol. The van der Waals surface area contributed by atoms with Crippen molar-refractivity contribution in [3.05, 3.63) is 66.2 Å². The number of nitrogens with zero attached hydrogens (tertiary/aromatic N) is 4. The van der Waals surface area contributed by atoms with E-state index in [1.54, 1.807) is 6.07 Å². The number of phenolic OH excluding ortho intramolecular Hbond substituents is 1. The number of aromatic nitrogens is 3. The van der Waals surface area contributed by atoms with E-state index in [0.29, 0.717) is 23.1 Å². The minimum absolute atomic E-state index is 0.0721. The quantitative estimate of drug-likeness (QED) is 0.444. The Balaban J connectivity index is 1.39. The van der Waals surface area contributed by atoms with Crippen LogP contribution in [0.15, 0.2) is 65.8 Å². The van der Waals surface area contributed by atoms with Crippen molar-refractivity contribution < 1.29 is 9.90 Å². The number of carbonyl (C=O) groups is 1. The molecule has 0 saturated carbocycles. The van der Waals surface area contributed by atoms with Gasteiger partial charge in [0.1, 0.15) is 5.75 Å². The topological polar surface area (TPSA) is 71.2 Å². The van der Waals surface area contributed by atoms with E-state index in [0.717, 1.165) is 35.8 Å². The summed E-state index contributed by atoms with van der Waals surface area (Å²) in [7, 11) is 0. The molecule has 1 N–H and O–H groups in total. The van der Waals surface area contributed by atoms with Gasteiger partial charge < -0.3 is 14.6 Å². The first-order chi connectivity index (χ1) is 15.7. The standard InChI is InChI=1S/C25H24N4O2S/c1-2-28-24(20-14-18-9-3-4-10-19(18)15-22(20)30)26-27-25(28)32-16-23(31)29-13-7-11-17-8-5-6-12-21(17)29/h3-6,8-10,12,14-15,30H,2,7,11,13,16H2,1H3. The Morgan fingerprint density at radius 3 is 2.62 bits per heavy atom. The number of anilines is 1. The Hall–Kier alpha value is -3.32. The highest BCUT2D eigenvalue weighted by molar-refractivity contribution is 7.99. The fourth-order valence-corrected chi connectivity index (χ4v) is 5.16. The van der Waals surface area contributed by atoms with E-state index >= 15 is 0 Å². The second-order valence-electron chi connectivity index (χ2n) is 7.83. The number of carbonyl (C=O) groups excluding carboxylic acids is 1. The molecule has 5 rings (SSSR count). The molecule has 0 fully saturated rings. The Labute approximate surface area is 190 Å². The highest BCUT2D eigenvalue weighted by Gasteiger charge is 2.23. The second-order valence-corrected chi connectivity index (χ2v) is 8.78. The van der Waals surface area contributed by atoms with Crippen LogP contribution < -0.4 is 4.90 Å². The van der Waals surface area contributed by atoms with E-state index in [1.807, 2.05) is 64.9 Å². The molecule has 162 valence electrons. The first-order valence-corrected chi connectivity index (χ1v) is 11.8. The van der Waals surface area contributed by atoms with Crippen molar-refractivity contribution in [2.24, 2.45) is 0 Å². The summed E-state index contributed by atoms with van der Waals surface area (Å²) < 4.78 is 1.95. The number of hydrogen-bond acceptors (Lipinski definition) is 5. The van der Waals surface area contributed by atoms with Crippen molar-refractivity contribution in [2.75, 3.05) is 17.2 Å². The van der Waals surface area contributed by atoms with E-state index < -0.39 is 0 Å². The molecule has 1 aliphatic rings. The van der Waals surface area contributed by atoms with Crippen LogP contribution in [0.1, 0.15) is 18.9 Å². The monoisotopic (exact) mass is 444 g/mol. The number of amides is 1. The van der Waals surface area contributed by atoms with E-state index in [4.69, 9.17) is 0 Å². The van der Waals surface area contributed by atoms with Gasteiger partial charge in [0.2, 0.25) is 5.91 Å². The number of para-hydroxylation sites is 1. The van der Waals surface area contributed by atoms with Gasteiger partial charge in [0.25, 0.3) is 0 Å². The molecule has 6 nitrogen and oxygen atoms in total. The number of fused-ring (bicyclic) bond motifs is 2. The fourth-order valence-electron chi connectivity index (χ4n) is 4.28. The van der Waals surface area contributed by atoms with Gasteiger partial charge in [-0.2, -0.15) is 0 Å². The molecule has 0 spiro atoms. The molecule has 4 aromatic rings. The van der Waals surface area contributed by atoms with Crippen LogP contribution in [0.2, 0.25) is 0 Å². The molecule has 0 radical (unpaired) electrons. The normalized spacial score (nSPS) is 13.3. The van der Waals surface area contributed by atoms with Crippen molar-refractivity contribution in [1.29, 1.82) is 0 Å². The zero-order valence-electron chi connectivity index (χ0n) is 17.9. The van der Waals surface area contributed by atoms with E-state index in [-0.39, 0.29) is 17.4 Å². The van der Waals surface area contributed by atoms with Crippen LogP contribution >= 0.6 is 11.8 Å². The van der Waals surface area contributed by atoms with Gasteiger partial charge in [-0.05, 0) is 54.3 Å². The van der Waals surface area contributed by atoms with Gasteiger partial charge in [-0.25, -0.2) is 0 Å². The van der Waals surface area contributed by atoms with Gasteiger partial charge in [0.15, 0.2) is 11.0 Å². The molecular formula is C25H24N4O2S. The number of aromatic hydroxyl groups is 1. The minimum Gasteiger partial charge on any atom is -0.507 e. The molecule has 1 amide bonds. The molecule has 2 heterocycles. The zero-order chi connectivity index (χ0) is 22.1. The maximum atomic E-state index is 13.0. The first-order valence-electron chi connectivity index (χ1n) is 10.8. The Morgan fingerprint density at radius 2 is 1.81 bits per heavy atom. The van der Waals surface area contributed by atoms with E-state index in [9.17, 15) is 9.90 Å². The van der Waals surface area contributed by atoms with Crippen LogP contribution in [0.4, 0.5) is 5.69 Å². The van der Waals surface area contributed by atoms with E-state index in [1.165, 1.54) is 17.3 Å². The van der Waals surface area contributed by atoms with Gasteiger partial charge >= 0.3 is 0 Å². The molecule has 1 aliphatic heterocycles. The minimum atomic E-state index is 0.0721. The number of thioether (sulfide) groups is 1. The van der Waals surface area contributed by atoms with Gasteiger partial charge in [-0.15, -0.1) is 10.2 Å². The van der Waals surface area contributed by atoms with Crippen LogP contribution in [0, 0.1) is 0 Å². The molecule has 1 aromatic heterocycles. The summed E-state index contributed by atoms with van der Waals surface area (Å²) >= 11 is 1.39. The van der Waals surface area contributed by atoms with Gasteiger partial charge in [-0.1, -0.05) is 54.2 Å². The third-order valence-electron chi connectivity index (χ3n) is 5.87. The smallest absolute Gasteiger partial charge is 0.237 e. The maximum absolute atomic E-state index is 13.0. The average Bonchev–Trinajstić information content (AvgIpc) is 3.24. The summed E-state index contributed by atoms with van der Waals surface area (Å²) in [6.07, 6.45) is 1.99. The Bertz CT molecular complexity index is 1300. The second kappa shape index (κ2) is 8.67. The van der Waals surface area contributed by atoms with Crippen LogP contribution in [0.25, 0.3) is 22.2 Å². The Kier molecular flexibility index (Phi) is 5.57. The molecule has 32 heavy (non-hydrogen) atoms. The van der Waals surface area contributed by atoms with Gasteiger partial charge in [0, 0.05) is 18.8 Å². The summed E-state index contributed by atoms with van der Waals surface area (Å²) in [4.78, 5) is 14.9. The zero-order valence-corrected chi connectivity index (χ0v) is 18.7. The van der Waals surface area contributed by atoms with Crippen molar-refractivity contribution in [3.63, 3.8) is 0 Å². The predicted octanol–water partition coefficient (Wildman–Crippen LogP) is 4.90. The summed E-state index contributed by atoms with van der Waals surface area (Å²) in [5, 5.41) is 22.0. The molecule has 7 heteroatoms. The number of phenols is 1. The van der Waals surface area contributed by atoms with Crippen LogP contribution in [-0.4, -0.2) is 38.1 Å². The summed E-state index contributed by atoms with van der Waals surface area (Å²) in [6, 6.07) is 19.7. The lowest BCUT2D eigenvalue weighted by atomic mass is 10.0. The van der Waals surface area contributed by atoms with E-state index in [2.05, 4.69) is 16.3 Å². The van der Waals surface area contributed by atoms with Crippen molar-refractivity contribution in [2.45, 2.75) is 31.5 Å². The summed E-state index contributed by atoms with van der Waals surface area (Å²) in [6.45, 7) is 3.39. The molecule has 0 unspecified atom stereocenters. The SMILES string of the molecule is CCn1c(SCC(=O)N2CCCc3ccccc32)nnc1-c1cc2ccccc2cc1O. The summed E-state index contributed by atoms with van der Waals surface area (Å²) in [5.74, 6) is 1.14. The van der Waals surface area contributed by atoms with Crippen molar-refractivity contribution >= 4 is 34.1 Å². The van der Waals surface area contributed by atoms with Crippen LogP contribution in [0.3, 0.4) is 0 Å². The Morgan fingerprint density at radius 1 is 1.06 bits per heavy atom. The number of rotatable bonds is 5. The lowest BCUT2D eigenvalue weighted by Crippen LogP contribution is -2.36. The fraction of sp³-hybridized carbons (Fsp3) is 0.240. The summed E-state index contributed by atoms with van der Waals surface area (Å²) in [5.41, 5.74) is 2.88. The van der Waals surface area contributed by atoms with Gasteiger partial charge in [-0.3, -0.25) is 4.79 Å². The average molecular weight is 445 g/mol. The lowest BCUT2D eigenvalue weighted by molar-refractivity contribution is -0.116. The van der Waals surface area contributed by atoms with Crippen LogP contribution in [-0.2, 0) is 17.8 Å². The van der Waals surface area contributed by atoms with Crippen molar-refractivity contribution in [3.8, 4) is 17.1 Å². The molecule has 0 saturated heterocycles. The first kappa shape index (κ1) is 20.6.